The van der Waals surface area contributed by atoms with Gasteiger partial charge in [0.05, 0.1) is 25.0 Å². The molecule has 1 saturated heterocycles. The van der Waals surface area contributed by atoms with Crippen LogP contribution in [0.25, 0.3) is 11.1 Å². The van der Waals surface area contributed by atoms with Gasteiger partial charge in [0.2, 0.25) is 0 Å². The number of carbonyl (C=O) groups excluding carboxylic acids is 1. The number of morpholine rings is 1. The van der Waals surface area contributed by atoms with Crippen molar-refractivity contribution in [3.05, 3.63) is 60.0 Å². The molecule has 0 spiro atoms. The van der Waals surface area contributed by atoms with Crippen molar-refractivity contribution in [3.8, 4) is 11.1 Å². The van der Waals surface area contributed by atoms with Gasteiger partial charge in [-0.3, -0.25) is 4.79 Å². The Morgan fingerprint density at radius 3 is 2.55 bits per heavy atom. The van der Waals surface area contributed by atoms with Crippen LogP contribution < -0.4 is 10.2 Å². The molecule has 3 aromatic rings. The number of hydrogen-bond acceptors (Lipinski definition) is 7. The number of pyridine rings is 1. The van der Waals surface area contributed by atoms with Gasteiger partial charge in [-0.2, -0.15) is 9.49 Å². The predicted octanol–water partition coefficient (Wildman–Crippen LogP) is 3.37. The Hall–Kier alpha value is -3.46. The second kappa shape index (κ2) is 8.27. The average molecular weight is 397 g/mol. The minimum absolute atomic E-state index is 0.0275. The Labute approximate surface area is 165 Å². The van der Waals surface area contributed by atoms with Crippen LogP contribution in [0.1, 0.15) is 10.4 Å². The molecule has 1 fully saturated rings. The van der Waals surface area contributed by atoms with Crippen LogP contribution in [-0.4, -0.2) is 47.5 Å². The Bertz CT molecular complexity index is 1020. The van der Waals surface area contributed by atoms with E-state index in [-0.39, 0.29) is 11.4 Å². The van der Waals surface area contributed by atoms with E-state index in [0.717, 1.165) is 0 Å². The molecule has 9 heteroatoms. The lowest BCUT2D eigenvalue weighted by Crippen LogP contribution is -2.36. The minimum Gasteiger partial charge on any atom is -0.378 e. The monoisotopic (exact) mass is 397 g/mol. The van der Waals surface area contributed by atoms with Crippen molar-refractivity contribution in [2.75, 3.05) is 36.5 Å². The molecule has 0 unspecified atom stereocenters. The summed E-state index contributed by atoms with van der Waals surface area (Å²) in [4.78, 5) is 17.2. The van der Waals surface area contributed by atoms with E-state index >= 15 is 0 Å². The molecule has 29 heavy (non-hydrogen) atoms. The fraction of sp³-hybridized carbons (Fsp3) is 0.200. The third kappa shape index (κ3) is 4.35. The Morgan fingerprint density at radius 2 is 1.83 bits per heavy atom. The molecule has 4 rings (SSSR count). The molecule has 1 aliphatic heterocycles. The van der Waals surface area contributed by atoms with Crippen LogP contribution in [0.15, 0.2) is 48.7 Å². The number of benzene rings is 1. The number of rotatable bonds is 5. The molecule has 0 atom stereocenters. The predicted molar refractivity (Wildman–Crippen MR) is 103 cm³/mol. The third-order valence-electron chi connectivity index (χ3n) is 4.51. The Balaban J connectivity index is 1.57. The highest BCUT2D eigenvalue weighted by Crippen LogP contribution is 2.25. The zero-order valence-corrected chi connectivity index (χ0v) is 15.3. The summed E-state index contributed by atoms with van der Waals surface area (Å²) in [6.45, 7) is 2.57. The van der Waals surface area contributed by atoms with Crippen LogP contribution in [0.2, 0.25) is 0 Å². The zero-order chi connectivity index (χ0) is 20.2. The number of nitrogens with one attached hydrogen (secondary N) is 1. The highest BCUT2D eigenvalue weighted by molar-refractivity contribution is 5.89. The van der Waals surface area contributed by atoms with E-state index in [0.29, 0.717) is 49.1 Å². The molecule has 1 aliphatic rings. The SMILES string of the molecule is O=C(F)c1ccc(-c2cnnc(Nc3nc(N4CCOCC4)ccc3F)c2)cc1. The first kappa shape index (κ1) is 18.9. The number of anilines is 3. The van der Waals surface area contributed by atoms with Crippen LogP contribution in [0.5, 0.6) is 0 Å². The summed E-state index contributed by atoms with van der Waals surface area (Å²) in [7, 11) is 0. The molecule has 0 aliphatic carbocycles. The molecule has 2 aromatic heterocycles. The van der Waals surface area contributed by atoms with E-state index < -0.39 is 11.9 Å². The number of carbonyl (C=O) groups is 1. The summed E-state index contributed by atoms with van der Waals surface area (Å²) in [5.41, 5.74) is 1.36. The van der Waals surface area contributed by atoms with Crippen molar-refractivity contribution in [3.63, 3.8) is 0 Å². The second-order valence-electron chi connectivity index (χ2n) is 6.40. The quantitative estimate of drug-likeness (QED) is 0.661. The van der Waals surface area contributed by atoms with Gasteiger partial charge in [0.1, 0.15) is 5.82 Å². The fourth-order valence-electron chi connectivity index (χ4n) is 2.99. The maximum atomic E-state index is 14.3. The van der Waals surface area contributed by atoms with Gasteiger partial charge in [-0.15, -0.1) is 5.10 Å². The zero-order valence-electron chi connectivity index (χ0n) is 15.3. The van der Waals surface area contributed by atoms with Crippen LogP contribution in [0, 0.1) is 5.82 Å². The Morgan fingerprint density at radius 1 is 1.07 bits per heavy atom. The minimum atomic E-state index is -1.49. The maximum absolute atomic E-state index is 14.3. The van der Waals surface area contributed by atoms with Crippen molar-refractivity contribution in [2.45, 2.75) is 0 Å². The number of hydrogen-bond donors (Lipinski definition) is 1. The van der Waals surface area contributed by atoms with Gasteiger partial charge >= 0.3 is 6.04 Å². The molecule has 1 aromatic carbocycles. The summed E-state index contributed by atoms with van der Waals surface area (Å²) in [6, 6.07) is 9.13. The van der Waals surface area contributed by atoms with Crippen molar-refractivity contribution in [1.82, 2.24) is 15.2 Å². The van der Waals surface area contributed by atoms with Gasteiger partial charge in [0.25, 0.3) is 0 Å². The fourth-order valence-corrected chi connectivity index (χ4v) is 2.99. The average Bonchev–Trinajstić information content (AvgIpc) is 2.76. The normalized spacial score (nSPS) is 13.9. The lowest BCUT2D eigenvalue weighted by Gasteiger charge is -2.28. The van der Waals surface area contributed by atoms with Crippen molar-refractivity contribution in [2.24, 2.45) is 0 Å². The molecule has 0 saturated carbocycles. The summed E-state index contributed by atoms with van der Waals surface area (Å²) in [5.74, 6) is 0.477. The first-order valence-electron chi connectivity index (χ1n) is 8.99. The van der Waals surface area contributed by atoms with E-state index in [9.17, 15) is 13.6 Å². The number of nitrogens with zero attached hydrogens (tertiary/aromatic N) is 4. The van der Waals surface area contributed by atoms with Crippen molar-refractivity contribution in [1.29, 1.82) is 0 Å². The summed E-state index contributed by atoms with van der Waals surface area (Å²) >= 11 is 0. The molecule has 0 bridgehead atoms. The summed E-state index contributed by atoms with van der Waals surface area (Å²) in [5, 5.41) is 10.8. The first-order valence-corrected chi connectivity index (χ1v) is 8.99. The molecule has 148 valence electrons. The second-order valence-corrected chi connectivity index (χ2v) is 6.40. The number of aromatic nitrogens is 3. The highest BCUT2D eigenvalue weighted by Gasteiger charge is 2.15. The maximum Gasteiger partial charge on any atom is 0.332 e. The first-order chi connectivity index (χ1) is 14.1. The van der Waals surface area contributed by atoms with Crippen molar-refractivity contribution < 1.29 is 18.3 Å². The molecular formula is C20H17F2N5O2. The lowest BCUT2D eigenvalue weighted by molar-refractivity contribution is 0.0836. The van der Waals surface area contributed by atoms with Crippen LogP contribution in [-0.2, 0) is 4.74 Å². The Kier molecular flexibility index (Phi) is 5.39. The van der Waals surface area contributed by atoms with Gasteiger partial charge in [-0.05, 0) is 35.9 Å². The van der Waals surface area contributed by atoms with Gasteiger partial charge in [0, 0.05) is 18.7 Å². The van der Waals surface area contributed by atoms with Crippen LogP contribution >= 0.6 is 0 Å². The van der Waals surface area contributed by atoms with E-state index in [1.807, 2.05) is 4.90 Å². The summed E-state index contributed by atoms with van der Waals surface area (Å²) in [6.07, 6.45) is 1.52. The molecular weight excluding hydrogens is 380 g/mol. The number of halogens is 2. The molecule has 1 N–H and O–H groups in total. The smallest absolute Gasteiger partial charge is 0.332 e. The van der Waals surface area contributed by atoms with E-state index in [1.54, 1.807) is 24.3 Å². The largest absolute Gasteiger partial charge is 0.378 e. The molecule has 0 radical (unpaired) electrons. The van der Waals surface area contributed by atoms with E-state index in [2.05, 4.69) is 20.5 Å². The molecule has 7 nitrogen and oxygen atoms in total. The summed E-state index contributed by atoms with van der Waals surface area (Å²) < 4.78 is 32.4. The van der Waals surface area contributed by atoms with E-state index in [4.69, 9.17) is 4.74 Å². The van der Waals surface area contributed by atoms with Crippen LogP contribution in [0.3, 0.4) is 0 Å². The van der Waals surface area contributed by atoms with Crippen LogP contribution in [0.4, 0.5) is 26.2 Å². The van der Waals surface area contributed by atoms with E-state index in [1.165, 1.54) is 24.4 Å². The number of ether oxygens (including phenoxy) is 1. The van der Waals surface area contributed by atoms with Gasteiger partial charge < -0.3 is 15.0 Å². The standard InChI is InChI=1S/C20H17F2N5O2/c21-16-5-6-18(27-7-9-29-10-8-27)25-20(16)24-17-11-15(12-23-26-17)13-1-3-14(4-2-13)19(22)28/h1-6,11-12H,7-10H2,(H,24,25,26). The lowest BCUT2D eigenvalue weighted by atomic mass is 10.1. The highest BCUT2D eigenvalue weighted by atomic mass is 19.1. The molecule has 0 amide bonds. The molecule has 3 heterocycles. The van der Waals surface area contributed by atoms with Crippen molar-refractivity contribution >= 4 is 23.5 Å². The van der Waals surface area contributed by atoms with Gasteiger partial charge in [-0.1, -0.05) is 12.1 Å². The van der Waals surface area contributed by atoms with Gasteiger partial charge in [-0.25, -0.2) is 9.37 Å². The topological polar surface area (TPSA) is 80.2 Å². The van der Waals surface area contributed by atoms with Gasteiger partial charge in [0.15, 0.2) is 17.5 Å². The third-order valence-corrected chi connectivity index (χ3v) is 4.51.